The first kappa shape index (κ1) is 7.31. The molecule has 0 bridgehead atoms. The third-order valence-electron chi connectivity index (χ3n) is 1.11. The van der Waals surface area contributed by atoms with Crippen LogP contribution in [0.15, 0.2) is 18.3 Å². The average molecular weight is 141 g/mol. The van der Waals surface area contributed by atoms with E-state index in [4.69, 9.17) is 5.26 Å². The number of aromatic nitrogens is 1. The van der Waals surface area contributed by atoms with Crippen LogP contribution in [0.25, 0.3) is 0 Å². The highest BCUT2D eigenvalue weighted by atomic mass is 14.7. The van der Waals surface area contributed by atoms with Crippen LogP contribution in [0.2, 0.25) is 0 Å². The van der Waals surface area contributed by atoms with Crippen LogP contribution in [0.5, 0.6) is 0 Å². The molecule has 0 saturated carbocycles. The molecule has 0 spiro atoms. The van der Waals surface area contributed by atoms with Crippen LogP contribution in [0.1, 0.15) is 11.3 Å². The summed E-state index contributed by atoms with van der Waals surface area (Å²) in [5, 5.41) is 8.40. The van der Waals surface area contributed by atoms with Gasteiger partial charge in [-0.25, -0.2) is 4.98 Å². The lowest BCUT2D eigenvalue weighted by molar-refractivity contribution is 1.25. The van der Waals surface area contributed by atoms with Crippen molar-refractivity contribution in [3.63, 3.8) is 0 Å². The lowest BCUT2D eigenvalue weighted by Crippen LogP contribution is -1.81. The second kappa shape index (κ2) is 3.39. The van der Waals surface area contributed by atoms with E-state index >= 15 is 0 Å². The Hall–Kier alpha value is -1.80. The summed E-state index contributed by atoms with van der Waals surface area (Å²) in [5.74, 6) is 5.22. The van der Waals surface area contributed by atoms with E-state index in [1.165, 1.54) is 0 Å². The highest BCUT2D eigenvalue weighted by molar-refractivity contribution is 5.35. The third kappa shape index (κ3) is 1.81. The van der Waals surface area contributed by atoms with E-state index < -0.39 is 0 Å². The fourth-order valence-electron chi connectivity index (χ4n) is 0.636. The molecule has 1 rings (SSSR count). The van der Waals surface area contributed by atoms with E-state index in [0.29, 0.717) is 5.69 Å². The van der Waals surface area contributed by atoms with Gasteiger partial charge >= 0.3 is 0 Å². The molecule has 1 aromatic heterocycles. The minimum Gasteiger partial charge on any atom is -0.244 e. The van der Waals surface area contributed by atoms with Crippen LogP contribution < -0.4 is 0 Å². The van der Waals surface area contributed by atoms with Gasteiger partial charge in [-0.1, -0.05) is 11.8 Å². The minimum atomic E-state index is 0.402. The van der Waals surface area contributed by atoms with E-state index in [2.05, 4.69) is 23.7 Å². The van der Waals surface area contributed by atoms with Crippen molar-refractivity contribution in [2.45, 2.75) is 0 Å². The van der Waals surface area contributed by atoms with Gasteiger partial charge in [0.25, 0.3) is 0 Å². The summed E-state index contributed by atoms with van der Waals surface area (Å²) in [6, 6.07) is 5.29. The van der Waals surface area contributed by atoms with Gasteiger partial charge in [-0.2, -0.15) is 5.26 Å². The van der Waals surface area contributed by atoms with Gasteiger partial charge in [0, 0.05) is 18.7 Å². The Balaban J connectivity index is 3.00. The monoisotopic (exact) mass is 141 g/mol. The Bertz CT molecular complexity index is 333. The molecule has 0 amide bonds. The van der Waals surface area contributed by atoms with Crippen molar-refractivity contribution in [3.05, 3.63) is 36.5 Å². The zero-order valence-corrected chi connectivity index (χ0v) is 5.83. The Kier molecular flexibility index (Phi) is 2.25. The second-order valence-electron chi connectivity index (χ2n) is 1.85. The molecule has 0 N–H and O–H groups in total. The maximum Gasteiger partial charge on any atom is 0.140 e. The van der Waals surface area contributed by atoms with Crippen LogP contribution in [-0.2, 0) is 0 Å². The molecule has 0 unspecified atom stereocenters. The predicted octanol–water partition coefficient (Wildman–Crippen LogP) is 1.14. The fourth-order valence-corrected chi connectivity index (χ4v) is 0.636. The zero-order valence-electron chi connectivity index (χ0n) is 5.83. The van der Waals surface area contributed by atoms with Gasteiger partial charge < -0.3 is 0 Å². The number of hydrogen-bond donors (Lipinski definition) is 0. The summed E-state index contributed by atoms with van der Waals surface area (Å²) in [6.07, 6.45) is 1.55. The second-order valence-corrected chi connectivity index (χ2v) is 1.85. The summed E-state index contributed by atoms with van der Waals surface area (Å²) < 4.78 is 0. The first-order valence-corrected chi connectivity index (χ1v) is 3.01. The van der Waals surface area contributed by atoms with E-state index in [1.807, 2.05) is 6.07 Å². The lowest BCUT2D eigenvalue weighted by atomic mass is 10.2. The van der Waals surface area contributed by atoms with Gasteiger partial charge in [0.1, 0.15) is 11.8 Å². The molecule has 51 valence electrons. The minimum absolute atomic E-state index is 0.402. The van der Waals surface area contributed by atoms with Crippen molar-refractivity contribution >= 4 is 0 Å². The smallest absolute Gasteiger partial charge is 0.140 e. The molecule has 1 heterocycles. The van der Waals surface area contributed by atoms with E-state index in [1.54, 1.807) is 18.3 Å². The molecular weight excluding hydrogens is 136 g/mol. The maximum atomic E-state index is 8.40. The van der Waals surface area contributed by atoms with Crippen LogP contribution in [0.3, 0.4) is 0 Å². The molecule has 11 heavy (non-hydrogen) atoms. The van der Waals surface area contributed by atoms with Gasteiger partial charge in [0.05, 0.1) is 0 Å². The van der Waals surface area contributed by atoms with Gasteiger partial charge in [-0.3, -0.25) is 0 Å². The normalized spacial score (nSPS) is 7.64. The quantitative estimate of drug-likeness (QED) is 0.508. The summed E-state index contributed by atoms with van der Waals surface area (Å²) in [4.78, 5) is 3.82. The van der Waals surface area contributed by atoms with Gasteiger partial charge in [-0.15, -0.1) is 0 Å². The van der Waals surface area contributed by atoms with Crippen LogP contribution in [-0.4, -0.2) is 4.98 Å². The molecule has 2 heteroatoms. The van der Waals surface area contributed by atoms with Gasteiger partial charge in [0.2, 0.25) is 0 Å². The molecule has 0 fully saturated rings. The van der Waals surface area contributed by atoms with Crippen molar-refractivity contribution in [2.24, 2.45) is 0 Å². The highest BCUT2D eigenvalue weighted by Gasteiger charge is 1.89. The Morgan fingerprint density at radius 2 is 2.27 bits per heavy atom. The van der Waals surface area contributed by atoms with Crippen molar-refractivity contribution < 1.29 is 0 Å². The number of rotatable bonds is 0. The number of nitrogens with zero attached hydrogens (tertiary/aromatic N) is 2. The number of nitriles is 1. The van der Waals surface area contributed by atoms with Crippen LogP contribution in [0.4, 0.5) is 0 Å². The molecule has 1 radical (unpaired) electrons. The zero-order chi connectivity index (χ0) is 8.10. The van der Waals surface area contributed by atoms with Crippen molar-refractivity contribution in [1.82, 2.24) is 4.98 Å². The van der Waals surface area contributed by atoms with E-state index in [-0.39, 0.29) is 0 Å². The number of pyridine rings is 1. The van der Waals surface area contributed by atoms with E-state index in [9.17, 15) is 0 Å². The topological polar surface area (TPSA) is 36.7 Å². The van der Waals surface area contributed by atoms with Crippen molar-refractivity contribution in [3.8, 4) is 17.9 Å². The lowest BCUT2D eigenvalue weighted by Gasteiger charge is -1.87. The summed E-state index contributed by atoms with van der Waals surface area (Å²) >= 11 is 0. The molecule has 0 aliphatic rings. The van der Waals surface area contributed by atoms with Gasteiger partial charge in [0.15, 0.2) is 0 Å². The molecule has 0 aliphatic carbocycles. The Morgan fingerprint density at radius 1 is 1.45 bits per heavy atom. The Morgan fingerprint density at radius 3 is 2.73 bits per heavy atom. The molecule has 0 aromatic carbocycles. The van der Waals surface area contributed by atoms with Crippen LogP contribution in [0, 0.1) is 30.1 Å². The third-order valence-corrected chi connectivity index (χ3v) is 1.11. The first-order valence-electron chi connectivity index (χ1n) is 3.01. The largest absolute Gasteiger partial charge is 0.244 e. The van der Waals surface area contributed by atoms with Gasteiger partial charge in [-0.05, 0) is 12.1 Å². The highest BCUT2D eigenvalue weighted by Crippen LogP contribution is 1.96. The van der Waals surface area contributed by atoms with Crippen LogP contribution >= 0.6 is 0 Å². The predicted molar refractivity (Wildman–Crippen MR) is 41.2 cm³/mol. The SMILES string of the molecule is [CH2]C#Cc1ccc(C#N)nc1. The first-order chi connectivity index (χ1) is 5.36. The molecular formula is C9H5N2. The van der Waals surface area contributed by atoms with Crippen molar-refractivity contribution in [1.29, 1.82) is 5.26 Å². The Labute approximate surface area is 65.5 Å². The summed E-state index contributed by atoms with van der Waals surface area (Å²) in [7, 11) is 0. The maximum absolute atomic E-state index is 8.40. The molecule has 0 aliphatic heterocycles. The standard InChI is InChI=1S/C9H5N2/c1-2-3-8-4-5-9(6-10)11-7-8/h4-5,7H,1H2. The average Bonchev–Trinajstić information content (AvgIpc) is 2.07. The molecule has 2 nitrogen and oxygen atoms in total. The number of hydrogen-bond acceptors (Lipinski definition) is 2. The molecule has 0 atom stereocenters. The summed E-state index contributed by atoms with van der Waals surface area (Å²) in [6.45, 7) is 3.37. The fraction of sp³-hybridized carbons (Fsp3) is 0. The molecule has 0 saturated heterocycles. The van der Waals surface area contributed by atoms with E-state index in [0.717, 1.165) is 5.56 Å². The summed E-state index contributed by atoms with van der Waals surface area (Å²) in [5.41, 5.74) is 1.18. The van der Waals surface area contributed by atoms with Crippen molar-refractivity contribution in [2.75, 3.05) is 0 Å². The molecule has 1 aromatic rings.